The number of nitrogens with one attached hydrogen (secondary N) is 1. The molecule has 0 bridgehead atoms. The van der Waals surface area contributed by atoms with Gasteiger partial charge in [0, 0.05) is 5.92 Å². The number of quaternary nitrogens is 1. The second-order valence-corrected chi connectivity index (χ2v) is 11.9. The zero-order valence-corrected chi connectivity index (χ0v) is 27.3. The molecule has 22 heteroatoms. The monoisotopic (exact) mass is 809 g/mol. The molecule has 4 aromatic carbocycles. The first-order valence-electron chi connectivity index (χ1n) is 14.9. The first-order valence-corrected chi connectivity index (χ1v) is 14.9. The summed E-state index contributed by atoms with van der Waals surface area (Å²) in [5, 5.41) is 0. The van der Waals surface area contributed by atoms with Gasteiger partial charge in [0.1, 0.15) is 52.7 Å². The maximum atomic E-state index is 15.4. The molecule has 0 aromatic heterocycles. The molecule has 0 unspecified atom stereocenters. The van der Waals surface area contributed by atoms with E-state index in [1.165, 1.54) is 19.4 Å². The molecule has 4 aromatic rings. The fraction of sp³-hybridized carbons (Fsp3) is 0.250. The maximum Gasteiger partial charge on any atom is 0.200 e. The number of halogens is 20. The van der Waals surface area contributed by atoms with Crippen LogP contribution in [0.25, 0.3) is 0 Å². The second kappa shape index (κ2) is 16.1. The van der Waals surface area contributed by atoms with Crippen LogP contribution in [0.4, 0.5) is 87.8 Å². The lowest BCUT2D eigenvalue weighted by Gasteiger charge is -2.44. The van der Waals surface area contributed by atoms with Crippen LogP contribution in [0.1, 0.15) is 26.7 Å². The number of benzene rings is 4. The summed E-state index contributed by atoms with van der Waals surface area (Å²) >= 11 is 0. The Hall–Kier alpha value is -4.50. The van der Waals surface area contributed by atoms with E-state index >= 15 is 35.1 Å². The molecule has 0 saturated heterocycles. The normalized spacial score (nSPS) is 11.9. The van der Waals surface area contributed by atoms with Gasteiger partial charge in [-0.25, -0.2) is 87.8 Å². The molecule has 0 atom stereocenters. The maximum absolute atomic E-state index is 15.4. The largest absolute Gasteiger partial charge is 0.340 e. The second-order valence-electron chi connectivity index (χ2n) is 11.9. The Balaban J connectivity index is 0.000000772. The average Bonchev–Trinajstić information content (AvgIpc) is 3.13. The molecule has 4 rings (SSSR count). The van der Waals surface area contributed by atoms with E-state index in [-0.39, 0.29) is 0 Å². The predicted molar refractivity (Wildman–Crippen MR) is 151 cm³/mol. The molecule has 0 aliphatic heterocycles. The number of rotatable bonds is 8. The lowest BCUT2D eigenvalue weighted by molar-refractivity contribution is -0.862. The molecule has 296 valence electrons. The molecule has 0 amide bonds. The molecule has 0 radical (unpaired) electrons. The fourth-order valence-electron chi connectivity index (χ4n) is 6.03. The molecule has 1 N–H and O–H groups in total. The fourth-order valence-corrected chi connectivity index (χ4v) is 6.03. The van der Waals surface area contributed by atoms with Crippen molar-refractivity contribution in [3.63, 3.8) is 0 Å². The van der Waals surface area contributed by atoms with Gasteiger partial charge in [-0.1, -0.05) is 13.8 Å². The van der Waals surface area contributed by atoms with Gasteiger partial charge in [-0.3, -0.25) is 0 Å². The Kier molecular flexibility index (Phi) is 13.1. The Morgan fingerprint density at radius 2 is 0.463 bits per heavy atom. The highest BCUT2D eigenvalue weighted by molar-refractivity contribution is 7.20. The van der Waals surface area contributed by atoms with Crippen molar-refractivity contribution in [3.8, 4) is 0 Å². The predicted octanol–water partition coefficient (Wildman–Crippen LogP) is 6.41. The molecule has 0 spiro atoms. The van der Waals surface area contributed by atoms with Crippen molar-refractivity contribution >= 4 is 28.0 Å². The Morgan fingerprint density at radius 3 is 0.574 bits per heavy atom. The lowest BCUT2D eigenvalue weighted by Crippen LogP contribution is -3.06. The minimum Gasteiger partial charge on any atom is -0.340 e. The molecule has 54 heavy (non-hydrogen) atoms. The van der Waals surface area contributed by atoms with Crippen LogP contribution in [-0.2, 0) is 0 Å². The van der Waals surface area contributed by atoms with Gasteiger partial charge in [0.15, 0.2) is 69.8 Å². The zero-order chi connectivity index (χ0) is 41.6. The van der Waals surface area contributed by atoms with Gasteiger partial charge >= 0.3 is 0 Å². The molecule has 1 nitrogen and oxygen atoms in total. The Morgan fingerprint density at radius 1 is 0.315 bits per heavy atom. The first kappa shape index (κ1) is 43.9. The van der Waals surface area contributed by atoms with Crippen molar-refractivity contribution in [2.75, 3.05) is 20.6 Å². The Labute approximate surface area is 290 Å². The van der Waals surface area contributed by atoms with Crippen molar-refractivity contribution in [1.29, 1.82) is 0 Å². The molecule has 0 saturated carbocycles. The summed E-state index contributed by atoms with van der Waals surface area (Å²) < 4.78 is 294. The van der Waals surface area contributed by atoms with Gasteiger partial charge in [0.2, 0.25) is 0 Å². The summed E-state index contributed by atoms with van der Waals surface area (Å²) in [6, 6.07) is 0. The number of hydrogen-bond donors (Lipinski definition) is 1. The summed E-state index contributed by atoms with van der Waals surface area (Å²) in [4.78, 5) is 1.57. The van der Waals surface area contributed by atoms with Crippen molar-refractivity contribution in [2.45, 2.75) is 26.7 Å². The quantitative estimate of drug-likeness (QED) is 0.0910. The summed E-state index contributed by atoms with van der Waals surface area (Å²) in [6.07, 6.45) is -4.55. The van der Waals surface area contributed by atoms with Gasteiger partial charge in [0.25, 0.3) is 0 Å². The summed E-state index contributed by atoms with van der Waals surface area (Å²) in [6.45, 7) is 5.88. The van der Waals surface area contributed by atoms with Gasteiger partial charge in [-0.2, -0.15) is 0 Å². The van der Waals surface area contributed by atoms with Crippen molar-refractivity contribution in [2.24, 2.45) is 5.92 Å². The first-order chi connectivity index (χ1) is 24.9. The van der Waals surface area contributed by atoms with Gasteiger partial charge in [-0.15, -0.1) is 21.9 Å². The average molecular weight is 809 g/mol. The highest BCUT2D eigenvalue weighted by Crippen LogP contribution is 2.30. The van der Waals surface area contributed by atoms with Gasteiger partial charge < -0.3 is 4.90 Å². The van der Waals surface area contributed by atoms with Crippen LogP contribution in [0.5, 0.6) is 0 Å². The standard InChI is InChI=1S/C24BF20.C8H19N/c26-5-1(6(27)14(35)21(42)13(5)34)25(2-7(28)15(36)22(43)16(37)8(2)29,3-9(30)17(38)23(44)18(39)10(3)31)4-11(32)19(40)24(45)20(41)12(4)33;1-5-8(6-2)7-9(3)4/h;8H,5-7H2,1-4H3/q-1;/p+1. The van der Waals surface area contributed by atoms with Gasteiger partial charge in [-0.05, 0) is 12.8 Å². The van der Waals surface area contributed by atoms with Crippen molar-refractivity contribution < 1.29 is 92.7 Å². The molecule has 0 fully saturated rings. The SMILES string of the molecule is CCC(CC)C[NH+](C)C.Fc1c(F)c(F)c([B-](c2c(F)c(F)c(F)c(F)c2F)(c2c(F)c(F)c(F)c(F)c2F)c2c(F)c(F)c(F)c(F)c2F)c(F)c1F. The third kappa shape index (κ3) is 6.74. The van der Waals surface area contributed by atoms with E-state index in [0.717, 1.165) is 5.92 Å². The van der Waals surface area contributed by atoms with E-state index in [2.05, 4.69) is 27.9 Å². The van der Waals surface area contributed by atoms with Gasteiger partial charge in [0.05, 0.1) is 20.6 Å². The minimum absolute atomic E-state index is 0.940. The van der Waals surface area contributed by atoms with Crippen LogP contribution in [0.15, 0.2) is 0 Å². The van der Waals surface area contributed by atoms with E-state index in [1.54, 1.807) is 4.90 Å². The van der Waals surface area contributed by atoms with Crippen LogP contribution in [0.2, 0.25) is 0 Å². The number of hydrogen-bond acceptors (Lipinski definition) is 0. The van der Waals surface area contributed by atoms with E-state index < -0.39 is 144 Å². The zero-order valence-electron chi connectivity index (χ0n) is 27.3. The summed E-state index contributed by atoms with van der Waals surface area (Å²) in [7, 11) is 4.44. The van der Waals surface area contributed by atoms with Crippen LogP contribution in [0, 0.1) is 122 Å². The van der Waals surface area contributed by atoms with Crippen molar-refractivity contribution in [3.05, 3.63) is 116 Å². The summed E-state index contributed by atoms with van der Waals surface area (Å²) in [5.41, 5.74) is -14.3. The molecular formula is C32H20BF20N. The van der Waals surface area contributed by atoms with Crippen LogP contribution in [-0.4, -0.2) is 26.8 Å². The highest BCUT2D eigenvalue weighted by Gasteiger charge is 2.52. The van der Waals surface area contributed by atoms with Crippen LogP contribution < -0.4 is 26.8 Å². The smallest absolute Gasteiger partial charge is 0.200 e. The third-order valence-corrected chi connectivity index (χ3v) is 8.56. The Bertz CT molecular complexity index is 1730. The van der Waals surface area contributed by atoms with E-state index in [0.29, 0.717) is 0 Å². The van der Waals surface area contributed by atoms with Crippen LogP contribution in [0.3, 0.4) is 0 Å². The van der Waals surface area contributed by atoms with E-state index in [1.807, 2.05) is 0 Å². The molecule has 0 aliphatic rings. The van der Waals surface area contributed by atoms with Crippen molar-refractivity contribution in [1.82, 2.24) is 0 Å². The molecule has 0 aliphatic carbocycles. The van der Waals surface area contributed by atoms with E-state index in [4.69, 9.17) is 0 Å². The third-order valence-electron chi connectivity index (χ3n) is 8.56. The molecule has 0 heterocycles. The minimum atomic E-state index is -7.22. The van der Waals surface area contributed by atoms with Crippen LogP contribution >= 0.6 is 0 Å². The van der Waals surface area contributed by atoms with E-state index in [9.17, 15) is 52.7 Å². The topological polar surface area (TPSA) is 4.44 Å². The summed E-state index contributed by atoms with van der Waals surface area (Å²) in [5.74, 6) is -70.5. The highest BCUT2D eigenvalue weighted by atomic mass is 19.2. The lowest BCUT2D eigenvalue weighted by atomic mass is 9.12. The molecular weight excluding hydrogens is 789 g/mol.